The van der Waals surface area contributed by atoms with E-state index in [4.69, 9.17) is 0 Å². The third-order valence-electron chi connectivity index (χ3n) is 15.3. The number of benzene rings is 10. The molecule has 0 saturated carbocycles. The summed E-state index contributed by atoms with van der Waals surface area (Å²) in [6.45, 7) is 14.0. The van der Waals surface area contributed by atoms with Gasteiger partial charge in [-0.15, -0.1) is 0 Å². The minimum absolute atomic E-state index is 0.116. The van der Waals surface area contributed by atoms with E-state index in [1.54, 1.807) is 0 Å². The lowest BCUT2D eigenvalue weighted by molar-refractivity contribution is 0.522. The molecule has 2 aliphatic carbocycles. The fourth-order valence-corrected chi connectivity index (χ4v) is 11.5. The van der Waals surface area contributed by atoms with E-state index in [2.05, 4.69) is 233 Å². The zero-order valence-corrected chi connectivity index (χ0v) is 39.0. The Balaban J connectivity index is 1.22. The summed E-state index contributed by atoms with van der Waals surface area (Å²) >= 11 is 0. The molecule has 0 N–H and O–H groups in total. The largest absolute Gasteiger partial charge is 0.310 e. The second-order valence-electron chi connectivity index (χ2n) is 20.5. The maximum atomic E-state index is 2.53. The number of rotatable bonds is 8. The highest BCUT2D eigenvalue weighted by Crippen LogP contribution is 2.53. The van der Waals surface area contributed by atoms with Gasteiger partial charge in [-0.1, -0.05) is 160 Å². The summed E-state index contributed by atoms with van der Waals surface area (Å²) in [4.78, 5) is 5.06. The molecule has 10 aromatic rings. The lowest BCUT2D eigenvalue weighted by Crippen LogP contribution is -2.15. The molecule has 0 fully saturated rings. The van der Waals surface area contributed by atoms with Crippen molar-refractivity contribution in [3.63, 3.8) is 0 Å². The maximum Gasteiger partial charge on any atom is 0.0546 e. The molecular weight excluding hydrogens is 797 g/mol. The third kappa shape index (κ3) is 6.52. The average molecular weight is 853 g/mol. The second-order valence-corrected chi connectivity index (χ2v) is 20.5. The highest BCUT2D eigenvalue weighted by atomic mass is 15.2. The van der Waals surface area contributed by atoms with Crippen LogP contribution in [0.15, 0.2) is 182 Å². The molecule has 0 saturated heterocycles. The Bertz CT molecular complexity index is 3240. The molecule has 10 aromatic carbocycles. The van der Waals surface area contributed by atoms with Crippen molar-refractivity contribution in [1.29, 1.82) is 0 Å². The van der Waals surface area contributed by atoms with E-state index in [0.717, 1.165) is 24.2 Å². The van der Waals surface area contributed by atoms with E-state index in [9.17, 15) is 0 Å². The Kier molecular flexibility index (Phi) is 9.30. The number of para-hydroxylation sites is 2. The quantitative estimate of drug-likeness (QED) is 0.141. The minimum atomic E-state index is 0.116. The Hall–Kier alpha value is -7.16. The van der Waals surface area contributed by atoms with Crippen LogP contribution in [0.25, 0.3) is 54.6 Å². The second kappa shape index (κ2) is 15.2. The molecule has 322 valence electrons. The van der Waals surface area contributed by atoms with Gasteiger partial charge < -0.3 is 9.80 Å². The summed E-state index contributed by atoms with van der Waals surface area (Å²) in [7, 11) is 0. The van der Waals surface area contributed by atoms with Crippen LogP contribution < -0.4 is 9.80 Å². The molecule has 0 aromatic heterocycles. The Morgan fingerprint density at radius 2 is 0.742 bits per heavy atom. The molecule has 12 rings (SSSR count). The standard InChI is InChI=1S/C64H56N2/c1-41-17-21-43(22-18-41)55-39-59(65(47-13-9-7-10-14-47)49-27-25-45-33-35-63(3,4)57(45)37-49)53-32-30-52-56(44-23-19-42(2)20-24-44)40-60(54-31-29-51(55)61(53)62(52)54)66(48-15-11-8-12-16-48)50-28-26-46-34-36-64(5,6)58(46)38-50/h7-32,37-40H,33-36H2,1-6H3. The minimum Gasteiger partial charge on any atom is -0.310 e. The van der Waals surface area contributed by atoms with Gasteiger partial charge in [0.15, 0.2) is 0 Å². The number of nitrogens with zero attached hydrogens (tertiary/aromatic N) is 2. The Morgan fingerprint density at radius 1 is 0.364 bits per heavy atom. The van der Waals surface area contributed by atoms with Crippen LogP contribution in [0.5, 0.6) is 0 Å². The van der Waals surface area contributed by atoms with Crippen molar-refractivity contribution in [2.45, 2.75) is 78.1 Å². The molecule has 0 atom stereocenters. The summed E-state index contributed by atoms with van der Waals surface area (Å²) in [5, 5.41) is 7.57. The Labute approximate surface area is 390 Å². The molecular formula is C64H56N2. The molecule has 0 spiro atoms. The fraction of sp³-hybridized carbons (Fsp3) is 0.188. The Morgan fingerprint density at radius 3 is 1.14 bits per heavy atom. The smallest absolute Gasteiger partial charge is 0.0546 e. The number of hydrogen-bond acceptors (Lipinski definition) is 2. The molecule has 2 heteroatoms. The molecule has 0 aliphatic heterocycles. The molecule has 0 unspecified atom stereocenters. The molecule has 2 nitrogen and oxygen atoms in total. The van der Waals surface area contributed by atoms with Crippen molar-refractivity contribution in [3.05, 3.63) is 215 Å². The van der Waals surface area contributed by atoms with Crippen molar-refractivity contribution in [1.82, 2.24) is 0 Å². The zero-order valence-electron chi connectivity index (χ0n) is 39.0. The SMILES string of the molecule is Cc1ccc(-c2cc(N(c3ccccc3)c3ccc4c(c3)C(C)(C)CC4)c3ccc4c(-c5ccc(C)cc5)cc(N(c5ccccc5)c5ccc6c(c5)C(C)(C)CC6)c5ccc2c3c45)cc1. The van der Waals surface area contributed by atoms with Gasteiger partial charge in [0.2, 0.25) is 0 Å². The van der Waals surface area contributed by atoms with Gasteiger partial charge in [0.25, 0.3) is 0 Å². The first kappa shape index (κ1) is 40.4. The first-order valence-electron chi connectivity index (χ1n) is 23.9. The monoisotopic (exact) mass is 852 g/mol. The van der Waals surface area contributed by atoms with Crippen LogP contribution in [0.2, 0.25) is 0 Å². The van der Waals surface area contributed by atoms with Crippen molar-refractivity contribution in [2.75, 3.05) is 9.80 Å². The van der Waals surface area contributed by atoms with E-state index in [0.29, 0.717) is 0 Å². The van der Waals surface area contributed by atoms with Crippen LogP contribution >= 0.6 is 0 Å². The van der Waals surface area contributed by atoms with Crippen LogP contribution in [0.3, 0.4) is 0 Å². The van der Waals surface area contributed by atoms with Gasteiger partial charge in [0, 0.05) is 44.3 Å². The molecule has 0 heterocycles. The number of fused-ring (bicyclic) bond motifs is 2. The van der Waals surface area contributed by atoms with E-state index >= 15 is 0 Å². The average Bonchev–Trinajstić information content (AvgIpc) is 3.82. The van der Waals surface area contributed by atoms with Crippen molar-refractivity contribution in [2.24, 2.45) is 0 Å². The zero-order chi connectivity index (χ0) is 44.9. The van der Waals surface area contributed by atoms with Gasteiger partial charge in [-0.2, -0.15) is 0 Å². The normalized spacial score (nSPS) is 14.8. The van der Waals surface area contributed by atoms with Gasteiger partial charge in [0.05, 0.1) is 11.4 Å². The van der Waals surface area contributed by atoms with Gasteiger partial charge in [-0.05, 0) is 166 Å². The summed E-state index contributed by atoms with van der Waals surface area (Å²) in [6, 6.07) is 69.4. The first-order valence-corrected chi connectivity index (χ1v) is 23.9. The van der Waals surface area contributed by atoms with Gasteiger partial charge in [-0.3, -0.25) is 0 Å². The van der Waals surface area contributed by atoms with Crippen LogP contribution in [0.4, 0.5) is 34.1 Å². The topological polar surface area (TPSA) is 6.48 Å². The molecule has 2 aliphatic rings. The summed E-state index contributed by atoms with van der Waals surface area (Å²) in [6.07, 6.45) is 4.59. The van der Waals surface area contributed by atoms with Crippen LogP contribution in [-0.4, -0.2) is 0 Å². The van der Waals surface area contributed by atoms with Gasteiger partial charge in [0.1, 0.15) is 0 Å². The van der Waals surface area contributed by atoms with Gasteiger partial charge >= 0.3 is 0 Å². The van der Waals surface area contributed by atoms with Crippen molar-refractivity contribution >= 4 is 66.4 Å². The maximum absolute atomic E-state index is 2.53. The predicted molar refractivity (Wildman–Crippen MR) is 283 cm³/mol. The summed E-state index contributed by atoms with van der Waals surface area (Å²) in [5.74, 6) is 0. The predicted octanol–water partition coefficient (Wildman–Crippen LogP) is 17.9. The van der Waals surface area contributed by atoms with Crippen molar-refractivity contribution in [3.8, 4) is 22.3 Å². The van der Waals surface area contributed by atoms with Crippen LogP contribution in [-0.2, 0) is 23.7 Å². The molecule has 0 radical (unpaired) electrons. The fourth-order valence-electron chi connectivity index (χ4n) is 11.5. The number of aryl methyl sites for hydroxylation is 4. The third-order valence-corrected chi connectivity index (χ3v) is 15.3. The first-order chi connectivity index (χ1) is 32.0. The number of anilines is 6. The van der Waals surface area contributed by atoms with Crippen LogP contribution in [0, 0.1) is 13.8 Å². The highest BCUT2D eigenvalue weighted by molar-refractivity contribution is 6.32. The van der Waals surface area contributed by atoms with E-state index in [-0.39, 0.29) is 10.8 Å². The lowest BCUT2D eigenvalue weighted by atomic mass is 9.84. The summed E-state index contributed by atoms with van der Waals surface area (Å²) in [5.41, 5.74) is 20.5. The van der Waals surface area contributed by atoms with E-state index < -0.39 is 0 Å². The summed E-state index contributed by atoms with van der Waals surface area (Å²) < 4.78 is 0. The van der Waals surface area contributed by atoms with Gasteiger partial charge in [-0.25, -0.2) is 0 Å². The number of hydrogen-bond donors (Lipinski definition) is 0. The van der Waals surface area contributed by atoms with E-state index in [1.807, 2.05) is 0 Å². The van der Waals surface area contributed by atoms with Crippen molar-refractivity contribution < 1.29 is 0 Å². The van der Waals surface area contributed by atoms with Crippen LogP contribution in [0.1, 0.15) is 73.9 Å². The molecule has 0 bridgehead atoms. The van der Waals surface area contributed by atoms with E-state index in [1.165, 1.54) is 124 Å². The molecule has 0 amide bonds. The lowest BCUT2D eigenvalue weighted by Gasteiger charge is -2.32. The molecule has 66 heavy (non-hydrogen) atoms. The highest BCUT2D eigenvalue weighted by Gasteiger charge is 2.33.